The lowest BCUT2D eigenvalue weighted by Crippen LogP contribution is -2.39. The molecule has 0 spiro atoms. The van der Waals surface area contributed by atoms with Crippen molar-refractivity contribution in [1.29, 1.82) is 0 Å². The highest BCUT2D eigenvalue weighted by atomic mass is 16.1. The first-order valence-corrected chi connectivity index (χ1v) is 6.78. The SMILES string of the molecule is CC(Cn1cccn1)NC(=O)CC(N)CC(C)(C)C. The number of nitrogens with two attached hydrogens (primary N) is 1. The Kier molecular flexibility index (Phi) is 5.54. The first kappa shape index (κ1) is 15.7. The van der Waals surface area contributed by atoms with Crippen molar-refractivity contribution in [3.63, 3.8) is 0 Å². The molecule has 1 aromatic rings. The molecule has 0 radical (unpaired) electrons. The zero-order chi connectivity index (χ0) is 14.5. The molecule has 1 amide bonds. The summed E-state index contributed by atoms with van der Waals surface area (Å²) in [5.74, 6) is 0.0106. The van der Waals surface area contributed by atoms with Gasteiger partial charge in [-0.3, -0.25) is 9.48 Å². The number of hydrogen-bond acceptors (Lipinski definition) is 3. The van der Waals surface area contributed by atoms with E-state index >= 15 is 0 Å². The molecule has 2 atom stereocenters. The lowest BCUT2D eigenvalue weighted by atomic mass is 9.87. The van der Waals surface area contributed by atoms with Crippen molar-refractivity contribution in [1.82, 2.24) is 15.1 Å². The predicted molar refractivity (Wildman–Crippen MR) is 76.5 cm³/mol. The minimum Gasteiger partial charge on any atom is -0.352 e. The molecule has 0 saturated heterocycles. The molecule has 0 aromatic carbocycles. The number of aromatic nitrogens is 2. The van der Waals surface area contributed by atoms with Crippen molar-refractivity contribution in [2.75, 3.05) is 0 Å². The Bertz CT molecular complexity index is 381. The second kappa shape index (κ2) is 6.70. The van der Waals surface area contributed by atoms with Crippen molar-refractivity contribution in [3.05, 3.63) is 18.5 Å². The molecule has 0 fully saturated rings. The van der Waals surface area contributed by atoms with Gasteiger partial charge in [0.25, 0.3) is 0 Å². The Morgan fingerprint density at radius 1 is 1.47 bits per heavy atom. The Hall–Kier alpha value is -1.36. The standard InChI is InChI=1S/C14H26N4O/c1-11(10-18-7-5-6-16-18)17-13(19)8-12(15)9-14(2,3)4/h5-7,11-12H,8-10,15H2,1-4H3,(H,17,19). The molecule has 5 heteroatoms. The van der Waals surface area contributed by atoms with Gasteiger partial charge in [0.1, 0.15) is 0 Å². The van der Waals surface area contributed by atoms with Crippen LogP contribution in [0.25, 0.3) is 0 Å². The van der Waals surface area contributed by atoms with Gasteiger partial charge in [0.05, 0.1) is 6.54 Å². The van der Waals surface area contributed by atoms with Gasteiger partial charge in [-0.05, 0) is 24.8 Å². The fourth-order valence-electron chi connectivity index (χ4n) is 2.17. The smallest absolute Gasteiger partial charge is 0.221 e. The minimum absolute atomic E-state index is 0.0106. The summed E-state index contributed by atoms with van der Waals surface area (Å²) in [6.07, 6.45) is 4.83. The third kappa shape index (κ3) is 6.96. The fraction of sp³-hybridized carbons (Fsp3) is 0.714. The average Bonchev–Trinajstić information content (AvgIpc) is 2.65. The number of nitrogens with zero attached hydrogens (tertiary/aromatic N) is 2. The van der Waals surface area contributed by atoms with Crippen LogP contribution in [0, 0.1) is 5.41 Å². The molecule has 1 rings (SSSR count). The normalized spacial score (nSPS) is 15.0. The van der Waals surface area contributed by atoms with Gasteiger partial charge in [0.2, 0.25) is 5.91 Å². The monoisotopic (exact) mass is 266 g/mol. The summed E-state index contributed by atoms with van der Waals surface area (Å²) in [6.45, 7) is 9.03. The molecule has 1 aromatic heterocycles. The van der Waals surface area contributed by atoms with Crippen LogP contribution in [0.15, 0.2) is 18.5 Å². The van der Waals surface area contributed by atoms with Gasteiger partial charge in [-0.15, -0.1) is 0 Å². The maximum Gasteiger partial charge on any atom is 0.221 e. The molecule has 5 nitrogen and oxygen atoms in total. The van der Waals surface area contributed by atoms with Crippen LogP contribution in [-0.4, -0.2) is 27.8 Å². The van der Waals surface area contributed by atoms with Crippen molar-refractivity contribution >= 4 is 5.91 Å². The van der Waals surface area contributed by atoms with Crippen molar-refractivity contribution < 1.29 is 4.79 Å². The van der Waals surface area contributed by atoms with E-state index in [-0.39, 0.29) is 23.4 Å². The van der Waals surface area contributed by atoms with Crippen LogP contribution in [-0.2, 0) is 11.3 Å². The third-order valence-corrected chi connectivity index (χ3v) is 2.75. The van der Waals surface area contributed by atoms with Crippen LogP contribution in [0.3, 0.4) is 0 Å². The molecule has 0 aliphatic carbocycles. The van der Waals surface area contributed by atoms with E-state index in [1.54, 1.807) is 10.9 Å². The van der Waals surface area contributed by atoms with E-state index in [1.165, 1.54) is 0 Å². The van der Waals surface area contributed by atoms with E-state index in [9.17, 15) is 4.79 Å². The van der Waals surface area contributed by atoms with E-state index in [0.29, 0.717) is 13.0 Å². The first-order valence-electron chi connectivity index (χ1n) is 6.78. The van der Waals surface area contributed by atoms with E-state index in [0.717, 1.165) is 6.42 Å². The van der Waals surface area contributed by atoms with Gasteiger partial charge in [-0.25, -0.2) is 0 Å². The molecule has 0 bridgehead atoms. The van der Waals surface area contributed by atoms with Crippen LogP contribution >= 0.6 is 0 Å². The highest BCUT2D eigenvalue weighted by Crippen LogP contribution is 2.20. The molecule has 3 N–H and O–H groups in total. The summed E-state index contributed by atoms with van der Waals surface area (Å²) in [6, 6.07) is 1.83. The maximum absolute atomic E-state index is 11.9. The second-order valence-corrected chi connectivity index (χ2v) is 6.43. The van der Waals surface area contributed by atoms with Gasteiger partial charge in [0, 0.05) is 30.9 Å². The summed E-state index contributed by atoms with van der Waals surface area (Å²) in [5.41, 5.74) is 6.15. The van der Waals surface area contributed by atoms with E-state index < -0.39 is 0 Å². The molecule has 2 unspecified atom stereocenters. The van der Waals surface area contributed by atoms with Crippen molar-refractivity contribution in [2.45, 2.75) is 59.2 Å². The maximum atomic E-state index is 11.9. The van der Waals surface area contributed by atoms with Gasteiger partial charge >= 0.3 is 0 Å². The number of hydrogen-bond donors (Lipinski definition) is 2. The van der Waals surface area contributed by atoms with Crippen molar-refractivity contribution in [3.8, 4) is 0 Å². The second-order valence-electron chi connectivity index (χ2n) is 6.43. The quantitative estimate of drug-likeness (QED) is 0.820. The largest absolute Gasteiger partial charge is 0.352 e. The molecule has 108 valence electrons. The van der Waals surface area contributed by atoms with E-state index in [1.807, 2.05) is 19.2 Å². The van der Waals surface area contributed by atoms with E-state index in [2.05, 4.69) is 31.2 Å². The summed E-state index contributed by atoms with van der Waals surface area (Å²) >= 11 is 0. The van der Waals surface area contributed by atoms with Gasteiger partial charge < -0.3 is 11.1 Å². The molecule has 19 heavy (non-hydrogen) atoms. The minimum atomic E-state index is -0.0862. The Morgan fingerprint density at radius 3 is 2.68 bits per heavy atom. The summed E-state index contributed by atoms with van der Waals surface area (Å²) in [5, 5.41) is 7.07. The number of nitrogens with one attached hydrogen (secondary N) is 1. The number of carbonyl (C=O) groups is 1. The number of rotatable bonds is 6. The zero-order valence-electron chi connectivity index (χ0n) is 12.4. The van der Waals surface area contributed by atoms with Crippen LogP contribution < -0.4 is 11.1 Å². The van der Waals surface area contributed by atoms with Gasteiger partial charge in [-0.2, -0.15) is 5.10 Å². The summed E-state index contributed by atoms with van der Waals surface area (Å²) in [4.78, 5) is 11.9. The lowest BCUT2D eigenvalue weighted by molar-refractivity contribution is -0.122. The molecule has 0 aliphatic rings. The third-order valence-electron chi connectivity index (χ3n) is 2.75. The Labute approximate surface area is 115 Å². The first-order chi connectivity index (χ1) is 8.76. The summed E-state index contributed by atoms with van der Waals surface area (Å²) < 4.78 is 1.81. The average molecular weight is 266 g/mol. The molecular formula is C14H26N4O. The molecular weight excluding hydrogens is 240 g/mol. The van der Waals surface area contributed by atoms with Crippen LogP contribution in [0.2, 0.25) is 0 Å². The predicted octanol–water partition coefficient (Wildman–Crippen LogP) is 1.54. The van der Waals surface area contributed by atoms with E-state index in [4.69, 9.17) is 5.73 Å². The van der Waals surface area contributed by atoms with Gasteiger partial charge in [0.15, 0.2) is 0 Å². The topological polar surface area (TPSA) is 72.9 Å². The molecule has 1 heterocycles. The van der Waals surface area contributed by atoms with Crippen LogP contribution in [0.5, 0.6) is 0 Å². The lowest BCUT2D eigenvalue weighted by Gasteiger charge is -2.23. The number of carbonyl (C=O) groups excluding carboxylic acids is 1. The van der Waals surface area contributed by atoms with Gasteiger partial charge in [-0.1, -0.05) is 20.8 Å². The molecule has 0 saturated carbocycles. The Morgan fingerprint density at radius 2 is 2.16 bits per heavy atom. The Balaban J connectivity index is 2.30. The zero-order valence-corrected chi connectivity index (χ0v) is 12.4. The highest BCUT2D eigenvalue weighted by Gasteiger charge is 2.18. The highest BCUT2D eigenvalue weighted by molar-refractivity contribution is 5.76. The number of amides is 1. The summed E-state index contributed by atoms with van der Waals surface area (Å²) in [7, 11) is 0. The van der Waals surface area contributed by atoms with Crippen LogP contribution in [0.1, 0.15) is 40.5 Å². The fourth-order valence-corrected chi connectivity index (χ4v) is 2.17. The van der Waals surface area contributed by atoms with Crippen molar-refractivity contribution in [2.24, 2.45) is 11.1 Å². The van der Waals surface area contributed by atoms with Crippen LogP contribution in [0.4, 0.5) is 0 Å². The molecule has 0 aliphatic heterocycles.